The maximum atomic E-state index is 14.1. The summed E-state index contributed by atoms with van der Waals surface area (Å²) >= 11 is 0. The molecule has 1 aliphatic carbocycles. The molecule has 1 aromatic heterocycles. The van der Waals surface area contributed by atoms with Gasteiger partial charge in [-0.05, 0) is 43.9 Å². The van der Waals surface area contributed by atoms with Crippen LogP contribution in [0.1, 0.15) is 72.4 Å². The molecular formula is C38H61N7O9S. The predicted octanol–water partition coefficient (Wildman–Crippen LogP) is 0.511. The highest BCUT2D eigenvalue weighted by Crippen LogP contribution is 2.29. The van der Waals surface area contributed by atoms with Gasteiger partial charge in [-0.1, -0.05) is 47.1 Å². The number of carbonyl (C=O) groups excluding carboxylic acids is 6. The van der Waals surface area contributed by atoms with Crippen molar-refractivity contribution in [3.63, 3.8) is 0 Å². The number of aromatic nitrogens is 1. The number of nitrogens with zero attached hydrogens (tertiary/aromatic N) is 3. The van der Waals surface area contributed by atoms with E-state index in [0.29, 0.717) is 12.1 Å². The summed E-state index contributed by atoms with van der Waals surface area (Å²) < 4.78 is 26.7. The van der Waals surface area contributed by atoms with Crippen molar-refractivity contribution in [2.24, 2.45) is 17.8 Å². The summed E-state index contributed by atoms with van der Waals surface area (Å²) in [5.41, 5.74) is 0.545. The molecule has 5 amide bonds. The molecule has 1 aromatic rings. The van der Waals surface area contributed by atoms with Crippen LogP contribution in [0.2, 0.25) is 0 Å². The maximum absolute atomic E-state index is 14.1. The molecule has 0 spiro atoms. The number of carbonyl (C=O) groups is 6. The second kappa shape index (κ2) is 21.5. The van der Waals surface area contributed by atoms with Crippen LogP contribution in [0.4, 0.5) is 0 Å². The van der Waals surface area contributed by atoms with Crippen LogP contribution in [0.25, 0.3) is 0 Å². The number of amides is 5. The molecule has 308 valence electrons. The van der Waals surface area contributed by atoms with Gasteiger partial charge < -0.3 is 35.2 Å². The molecule has 0 bridgehead atoms. The Morgan fingerprint density at radius 3 is 2.27 bits per heavy atom. The topological polar surface area (TPSA) is 205 Å². The fourth-order valence-electron chi connectivity index (χ4n) is 7.10. The first-order valence-electron chi connectivity index (χ1n) is 19.1. The van der Waals surface area contributed by atoms with Crippen molar-refractivity contribution >= 4 is 46.3 Å². The van der Waals surface area contributed by atoms with Crippen LogP contribution in [0.3, 0.4) is 0 Å². The lowest BCUT2D eigenvalue weighted by Crippen LogP contribution is -2.56. The first kappa shape index (κ1) is 45.6. The minimum Gasteiger partial charge on any atom is -0.379 e. The molecule has 55 heavy (non-hydrogen) atoms. The van der Waals surface area contributed by atoms with Crippen LogP contribution in [0.5, 0.6) is 0 Å². The van der Waals surface area contributed by atoms with Crippen molar-refractivity contribution < 1.29 is 42.4 Å². The van der Waals surface area contributed by atoms with Crippen LogP contribution in [0, 0.1) is 17.8 Å². The largest absolute Gasteiger partial charge is 0.379 e. The van der Waals surface area contributed by atoms with E-state index in [4.69, 9.17) is 9.47 Å². The number of pyridine rings is 1. The third kappa shape index (κ3) is 12.6. The fourth-order valence-corrected chi connectivity index (χ4v) is 8.18. The van der Waals surface area contributed by atoms with Crippen molar-refractivity contribution in [3.05, 3.63) is 30.1 Å². The molecule has 1 saturated carbocycles. The van der Waals surface area contributed by atoms with Gasteiger partial charge in [-0.15, -0.1) is 0 Å². The molecule has 0 radical (unpaired) electrons. The molecule has 9 atom stereocenters. The second-order valence-electron chi connectivity index (χ2n) is 15.0. The summed E-state index contributed by atoms with van der Waals surface area (Å²) in [6.07, 6.45) is 1.87. The van der Waals surface area contributed by atoms with Crippen LogP contribution < -0.4 is 20.7 Å². The zero-order valence-corrected chi connectivity index (χ0v) is 34.5. The summed E-state index contributed by atoms with van der Waals surface area (Å²) in [5, 5.41) is 8.34. The van der Waals surface area contributed by atoms with Crippen LogP contribution in [-0.2, 0) is 55.6 Å². The molecule has 17 heteroatoms. The van der Waals surface area contributed by atoms with E-state index in [1.54, 1.807) is 45.4 Å². The van der Waals surface area contributed by atoms with E-state index < -0.39 is 71.0 Å². The van der Waals surface area contributed by atoms with Gasteiger partial charge in [0.15, 0.2) is 5.78 Å². The lowest BCUT2D eigenvalue weighted by atomic mass is 9.90. The second-order valence-corrected chi connectivity index (χ2v) is 16.4. The number of likely N-dealkylation sites (tertiary alicyclic amines) is 1. The Bertz CT molecular complexity index is 1510. The first-order valence-corrected chi connectivity index (χ1v) is 20.3. The quantitative estimate of drug-likeness (QED) is 0.127. The first-order chi connectivity index (χ1) is 26.1. The summed E-state index contributed by atoms with van der Waals surface area (Å²) in [6.45, 7) is 8.89. The number of nitrogens with one attached hydrogen (secondary N) is 4. The molecule has 3 rings (SSSR count). The highest BCUT2D eigenvalue weighted by atomic mass is 32.2. The fraction of sp³-hybridized carbons (Fsp3) is 0.711. The number of ketones is 1. The normalized spacial score (nSPS) is 20.1. The van der Waals surface area contributed by atoms with E-state index >= 15 is 0 Å². The van der Waals surface area contributed by atoms with Crippen molar-refractivity contribution in [3.8, 4) is 0 Å². The van der Waals surface area contributed by atoms with Gasteiger partial charge in [0, 0.05) is 46.0 Å². The maximum Gasteiger partial charge on any atom is 0.254 e. The van der Waals surface area contributed by atoms with E-state index in [2.05, 4.69) is 25.7 Å². The standard InChI is InChI=1S/C38H61N7O9S/c1-10-23(4)34(44(7)32(48)20-41-38(51)33(39-6)22(2)3)30(53-8)19-31(47)45-21-26(46)18-29(45)35(54-9)24(5)36(49)42-28(17-25-13-11-12-16-40-25)37(50)43-55(52)27-14-15-27/h11-13,16,22-24,27-30,33-35,39H,10,14-15,17-21H2,1-9H3,(H,41,51)(H,42,49)(H,43,50)/t23?,24?,28?,29?,30-,33?,34?,35?,55?/m1/s1. The predicted molar refractivity (Wildman–Crippen MR) is 206 cm³/mol. The number of likely N-dealkylation sites (N-methyl/N-ethyl adjacent to an activating group) is 2. The molecule has 0 aromatic carbocycles. The average molecular weight is 792 g/mol. The van der Waals surface area contributed by atoms with Crippen molar-refractivity contribution in [2.75, 3.05) is 41.4 Å². The van der Waals surface area contributed by atoms with Gasteiger partial charge in [0.05, 0.1) is 61.0 Å². The summed E-state index contributed by atoms with van der Waals surface area (Å²) in [6, 6.07) is 2.29. The molecule has 2 aliphatic rings. The SMILES string of the molecule is CCC(C)C([C@@H](CC(=O)N1CC(=O)CC1C(OC)C(C)C(=O)NC(Cc1ccccn1)C(=O)NS(=O)C1CC1)OC)N(C)C(=O)CNC(=O)C(NC)C(C)C. The average Bonchev–Trinajstić information content (AvgIpc) is 3.95. The number of rotatable bonds is 22. The van der Waals surface area contributed by atoms with Crippen molar-refractivity contribution in [1.29, 1.82) is 0 Å². The third-order valence-corrected chi connectivity index (χ3v) is 12.1. The van der Waals surface area contributed by atoms with E-state index in [9.17, 15) is 33.0 Å². The number of methoxy groups -OCH3 is 2. The van der Waals surface area contributed by atoms with Gasteiger partial charge in [-0.25, -0.2) is 4.21 Å². The summed E-state index contributed by atoms with van der Waals surface area (Å²) in [4.78, 5) is 87.4. The van der Waals surface area contributed by atoms with Crippen molar-refractivity contribution in [1.82, 2.24) is 35.5 Å². The Hall–Kier alpha value is -3.80. The highest BCUT2D eigenvalue weighted by Gasteiger charge is 2.45. The molecule has 1 saturated heterocycles. The van der Waals surface area contributed by atoms with Crippen LogP contribution in [-0.4, -0.2) is 137 Å². The van der Waals surface area contributed by atoms with Crippen molar-refractivity contribution in [2.45, 2.75) is 115 Å². The molecule has 16 nitrogen and oxygen atoms in total. The Morgan fingerprint density at radius 1 is 1.04 bits per heavy atom. The monoisotopic (exact) mass is 791 g/mol. The molecule has 2 heterocycles. The lowest BCUT2D eigenvalue weighted by molar-refractivity contribution is -0.146. The lowest BCUT2D eigenvalue weighted by Gasteiger charge is -2.39. The molecular weight excluding hydrogens is 731 g/mol. The van der Waals surface area contributed by atoms with Gasteiger partial charge in [-0.3, -0.25) is 38.5 Å². The molecule has 1 aliphatic heterocycles. The van der Waals surface area contributed by atoms with Gasteiger partial charge in [0.25, 0.3) is 5.91 Å². The Kier molecular flexibility index (Phi) is 17.8. The Morgan fingerprint density at radius 2 is 1.73 bits per heavy atom. The van der Waals surface area contributed by atoms with E-state index in [1.165, 1.54) is 24.0 Å². The highest BCUT2D eigenvalue weighted by molar-refractivity contribution is 7.84. The zero-order chi connectivity index (χ0) is 41.0. The van der Waals surface area contributed by atoms with Gasteiger partial charge in [-0.2, -0.15) is 0 Å². The summed E-state index contributed by atoms with van der Waals surface area (Å²) in [5.74, 6) is -3.45. The molecule has 4 N–H and O–H groups in total. The number of hydrogen-bond donors (Lipinski definition) is 4. The van der Waals surface area contributed by atoms with Gasteiger partial charge in [0.1, 0.15) is 17.0 Å². The smallest absolute Gasteiger partial charge is 0.254 e. The third-order valence-electron chi connectivity index (χ3n) is 10.7. The van der Waals surface area contributed by atoms with E-state index in [-0.39, 0.29) is 67.0 Å². The number of ether oxygens (including phenoxy) is 2. The number of Topliss-reactive ketones (excluding diaryl/α,β-unsaturated/α-hetero) is 1. The summed E-state index contributed by atoms with van der Waals surface area (Å²) in [7, 11) is 4.58. The zero-order valence-electron chi connectivity index (χ0n) is 33.7. The molecule has 2 fully saturated rings. The minimum atomic E-state index is -1.58. The van der Waals surface area contributed by atoms with Crippen LogP contribution >= 0.6 is 0 Å². The number of hydrogen-bond acceptors (Lipinski definition) is 11. The van der Waals surface area contributed by atoms with Gasteiger partial charge >= 0.3 is 0 Å². The Labute approximate surface area is 327 Å². The van der Waals surface area contributed by atoms with Gasteiger partial charge in [0.2, 0.25) is 23.6 Å². The van der Waals surface area contributed by atoms with Crippen LogP contribution in [0.15, 0.2) is 24.4 Å². The Balaban J connectivity index is 1.76. The van der Waals surface area contributed by atoms with E-state index in [0.717, 1.165) is 12.8 Å². The minimum absolute atomic E-state index is 0.0104. The van der Waals surface area contributed by atoms with E-state index in [1.807, 2.05) is 27.7 Å². The molecule has 8 unspecified atom stereocenters.